The summed E-state index contributed by atoms with van der Waals surface area (Å²) in [7, 11) is 1.63. The first-order valence-electron chi connectivity index (χ1n) is 11.2. The van der Waals surface area contributed by atoms with Gasteiger partial charge < -0.3 is 15.0 Å². The van der Waals surface area contributed by atoms with Gasteiger partial charge in [0.25, 0.3) is 5.91 Å². The van der Waals surface area contributed by atoms with Crippen molar-refractivity contribution in [2.45, 2.75) is 32.7 Å². The molecule has 5 heteroatoms. The van der Waals surface area contributed by atoms with Gasteiger partial charge in [-0.25, -0.2) is 0 Å². The van der Waals surface area contributed by atoms with Gasteiger partial charge in [-0.1, -0.05) is 48.5 Å². The van der Waals surface area contributed by atoms with E-state index in [0.29, 0.717) is 18.7 Å². The minimum Gasteiger partial charge on any atom is -0.496 e. The van der Waals surface area contributed by atoms with Gasteiger partial charge in [-0.15, -0.1) is 0 Å². The molecule has 0 unspecified atom stereocenters. The van der Waals surface area contributed by atoms with E-state index in [4.69, 9.17) is 4.74 Å². The number of hydrogen-bond donors (Lipinski definition) is 1. The first-order chi connectivity index (χ1) is 15.5. The van der Waals surface area contributed by atoms with Crippen molar-refractivity contribution in [1.29, 1.82) is 0 Å². The molecule has 5 nitrogen and oxygen atoms in total. The normalized spacial score (nSPS) is 17.1. The smallest absolute Gasteiger partial charge is 0.254 e. The maximum Gasteiger partial charge on any atom is 0.254 e. The summed E-state index contributed by atoms with van der Waals surface area (Å²) in [6, 6.07) is 19.5. The summed E-state index contributed by atoms with van der Waals surface area (Å²) in [5, 5.41) is 4.95. The van der Waals surface area contributed by atoms with Gasteiger partial charge in [0.2, 0.25) is 5.91 Å². The molecular formula is C27H30N2O3. The lowest BCUT2D eigenvalue weighted by Gasteiger charge is -2.33. The molecule has 2 atom stereocenters. The van der Waals surface area contributed by atoms with Crippen molar-refractivity contribution < 1.29 is 14.3 Å². The Morgan fingerprint density at radius 2 is 1.75 bits per heavy atom. The van der Waals surface area contributed by atoms with Crippen LogP contribution >= 0.6 is 0 Å². The Kier molecular flexibility index (Phi) is 6.45. The molecular weight excluding hydrogens is 400 g/mol. The van der Waals surface area contributed by atoms with E-state index in [2.05, 4.69) is 18.3 Å². The number of rotatable bonds is 5. The molecule has 2 amide bonds. The summed E-state index contributed by atoms with van der Waals surface area (Å²) < 4.78 is 5.46. The Bertz CT molecular complexity index is 1140. The fourth-order valence-corrected chi connectivity index (χ4v) is 4.66. The van der Waals surface area contributed by atoms with Crippen LogP contribution in [-0.2, 0) is 4.79 Å². The molecule has 0 aliphatic carbocycles. The fourth-order valence-electron chi connectivity index (χ4n) is 4.66. The molecule has 166 valence electrons. The lowest BCUT2D eigenvalue weighted by Crippen LogP contribution is -2.46. The molecule has 3 aromatic carbocycles. The third kappa shape index (κ3) is 4.33. The van der Waals surface area contributed by atoms with Crippen molar-refractivity contribution in [2.24, 2.45) is 5.92 Å². The summed E-state index contributed by atoms with van der Waals surface area (Å²) >= 11 is 0. The van der Waals surface area contributed by atoms with Gasteiger partial charge in [-0.05, 0) is 55.3 Å². The van der Waals surface area contributed by atoms with E-state index in [1.165, 1.54) is 0 Å². The molecule has 1 aliphatic heterocycles. The number of hydrogen-bond acceptors (Lipinski definition) is 3. The molecule has 0 aromatic heterocycles. The van der Waals surface area contributed by atoms with Crippen LogP contribution in [0.5, 0.6) is 5.75 Å². The molecule has 32 heavy (non-hydrogen) atoms. The van der Waals surface area contributed by atoms with Gasteiger partial charge in [0.05, 0.1) is 19.1 Å². The van der Waals surface area contributed by atoms with Crippen LogP contribution in [0, 0.1) is 12.8 Å². The maximum absolute atomic E-state index is 13.4. The number of nitrogens with zero attached hydrogens (tertiary/aromatic N) is 1. The topological polar surface area (TPSA) is 58.6 Å². The van der Waals surface area contributed by atoms with E-state index < -0.39 is 0 Å². The highest BCUT2D eigenvalue weighted by Gasteiger charge is 2.30. The number of amides is 2. The van der Waals surface area contributed by atoms with Gasteiger partial charge in [-0.2, -0.15) is 0 Å². The number of aryl methyl sites for hydroxylation is 1. The SMILES string of the molecule is COc1ccc(C(=O)N2CCC[C@H](C(=O)N[C@@H](C)c3ccccc3C)C2)c2ccccc12. The number of ether oxygens (including phenoxy) is 1. The Balaban J connectivity index is 1.49. The van der Waals surface area contributed by atoms with E-state index >= 15 is 0 Å². The van der Waals surface area contributed by atoms with Crippen LogP contribution in [0.1, 0.15) is 47.3 Å². The zero-order valence-electron chi connectivity index (χ0n) is 18.9. The molecule has 1 saturated heterocycles. The van der Waals surface area contributed by atoms with E-state index in [1.54, 1.807) is 7.11 Å². The molecule has 0 spiro atoms. The van der Waals surface area contributed by atoms with Crippen molar-refractivity contribution >= 4 is 22.6 Å². The molecule has 1 heterocycles. The van der Waals surface area contributed by atoms with Crippen LogP contribution in [0.4, 0.5) is 0 Å². The van der Waals surface area contributed by atoms with Crippen LogP contribution in [0.25, 0.3) is 10.8 Å². The van der Waals surface area contributed by atoms with Crippen molar-refractivity contribution in [2.75, 3.05) is 20.2 Å². The highest BCUT2D eigenvalue weighted by molar-refractivity contribution is 6.08. The van der Waals surface area contributed by atoms with Gasteiger partial charge >= 0.3 is 0 Å². The monoisotopic (exact) mass is 430 g/mol. The second-order valence-electron chi connectivity index (χ2n) is 8.54. The largest absolute Gasteiger partial charge is 0.496 e. The summed E-state index contributed by atoms with van der Waals surface area (Å²) in [6.45, 7) is 5.16. The number of carbonyl (C=O) groups excluding carboxylic acids is 2. The van der Waals surface area contributed by atoms with E-state index in [9.17, 15) is 9.59 Å². The third-order valence-corrected chi connectivity index (χ3v) is 6.43. The summed E-state index contributed by atoms with van der Waals surface area (Å²) in [6.07, 6.45) is 1.61. The van der Waals surface area contributed by atoms with Crippen molar-refractivity contribution in [3.8, 4) is 5.75 Å². The number of methoxy groups -OCH3 is 1. The van der Waals surface area contributed by atoms with Gasteiger partial charge in [-0.3, -0.25) is 9.59 Å². The van der Waals surface area contributed by atoms with Crippen LogP contribution in [0.2, 0.25) is 0 Å². The lowest BCUT2D eigenvalue weighted by molar-refractivity contribution is -0.127. The molecule has 1 aliphatic rings. The minimum atomic E-state index is -0.205. The van der Waals surface area contributed by atoms with E-state index in [1.807, 2.05) is 66.4 Å². The Morgan fingerprint density at radius 1 is 1.03 bits per heavy atom. The van der Waals surface area contributed by atoms with Crippen LogP contribution in [0.15, 0.2) is 60.7 Å². The number of carbonyl (C=O) groups is 2. The summed E-state index contributed by atoms with van der Waals surface area (Å²) in [5.41, 5.74) is 2.93. The van der Waals surface area contributed by atoms with E-state index in [0.717, 1.165) is 40.5 Å². The van der Waals surface area contributed by atoms with Crippen LogP contribution in [0.3, 0.4) is 0 Å². The van der Waals surface area contributed by atoms with Crippen LogP contribution < -0.4 is 10.1 Å². The predicted octanol–water partition coefficient (Wildman–Crippen LogP) is 4.89. The molecule has 4 rings (SSSR count). The first kappa shape index (κ1) is 21.9. The first-order valence-corrected chi connectivity index (χ1v) is 11.2. The Morgan fingerprint density at radius 3 is 2.50 bits per heavy atom. The summed E-state index contributed by atoms with van der Waals surface area (Å²) in [5.74, 6) is 0.521. The molecule has 0 saturated carbocycles. The predicted molar refractivity (Wildman–Crippen MR) is 127 cm³/mol. The molecule has 3 aromatic rings. The van der Waals surface area contributed by atoms with E-state index in [-0.39, 0.29) is 23.8 Å². The van der Waals surface area contributed by atoms with Crippen LogP contribution in [-0.4, -0.2) is 36.9 Å². The van der Waals surface area contributed by atoms with Gasteiger partial charge in [0.15, 0.2) is 0 Å². The number of benzene rings is 3. The molecule has 0 radical (unpaired) electrons. The fraction of sp³-hybridized carbons (Fsp3) is 0.333. The van der Waals surface area contributed by atoms with Gasteiger partial charge in [0, 0.05) is 24.0 Å². The van der Waals surface area contributed by atoms with Crippen molar-refractivity contribution in [3.05, 3.63) is 77.4 Å². The number of piperidine rings is 1. The Labute approximate surface area is 189 Å². The second-order valence-corrected chi connectivity index (χ2v) is 8.54. The zero-order valence-corrected chi connectivity index (χ0v) is 18.9. The maximum atomic E-state index is 13.4. The third-order valence-electron chi connectivity index (χ3n) is 6.43. The zero-order chi connectivity index (χ0) is 22.7. The quantitative estimate of drug-likeness (QED) is 0.627. The standard InChI is InChI=1S/C27H30N2O3/c1-18-9-4-5-11-21(18)19(2)28-26(30)20-10-8-16-29(17-20)27(31)24-14-15-25(32-3)23-13-7-6-12-22(23)24/h4-7,9,11-15,19-20H,8,10,16-17H2,1-3H3,(H,28,30)/t19-,20-/m0/s1. The van der Waals surface area contributed by atoms with Crippen molar-refractivity contribution in [3.63, 3.8) is 0 Å². The lowest BCUT2D eigenvalue weighted by atomic mass is 9.94. The summed E-state index contributed by atoms with van der Waals surface area (Å²) in [4.78, 5) is 28.3. The van der Waals surface area contributed by atoms with Crippen molar-refractivity contribution in [1.82, 2.24) is 10.2 Å². The molecule has 1 fully saturated rings. The minimum absolute atomic E-state index is 0.0119. The molecule has 1 N–H and O–H groups in total. The second kappa shape index (κ2) is 9.43. The Hall–Kier alpha value is -3.34. The average Bonchev–Trinajstić information content (AvgIpc) is 2.83. The average molecular weight is 431 g/mol. The number of nitrogens with one attached hydrogen (secondary N) is 1. The number of fused-ring (bicyclic) bond motifs is 1. The van der Waals surface area contributed by atoms with Gasteiger partial charge in [0.1, 0.15) is 5.75 Å². The molecule has 0 bridgehead atoms. The number of likely N-dealkylation sites (tertiary alicyclic amines) is 1. The highest BCUT2D eigenvalue weighted by atomic mass is 16.5. The highest BCUT2D eigenvalue weighted by Crippen LogP contribution is 2.30.